The second kappa shape index (κ2) is 8.28. The lowest BCUT2D eigenvalue weighted by molar-refractivity contribution is 0.178. The van der Waals surface area contributed by atoms with Gasteiger partial charge in [0.05, 0.1) is 0 Å². The van der Waals surface area contributed by atoms with Gasteiger partial charge in [0.25, 0.3) is 0 Å². The summed E-state index contributed by atoms with van der Waals surface area (Å²) < 4.78 is 5.10. The van der Waals surface area contributed by atoms with Gasteiger partial charge in [0, 0.05) is 13.7 Å². The Hall–Kier alpha value is -0.0400. The lowest BCUT2D eigenvalue weighted by Crippen LogP contribution is -2.11. The highest BCUT2D eigenvalue weighted by Gasteiger charge is 2.13. The van der Waals surface area contributed by atoms with Crippen molar-refractivity contribution in [1.29, 1.82) is 0 Å². The van der Waals surface area contributed by atoms with Crippen LogP contribution in [-0.2, 0) is 4.74 Å². The fraction of sp³-hybridized carbons (Fsp3) is 1.00. The maximum absolute atomic E-state index is 5.10. The van der Waals surface area contributed by atoms with Gasteiger partial charge in [-0.05, 0) is 37.0 Å². The lowest BCUT2D eigenvalue weighted by Gasteiger charge is -2.21. The van der Waals surface area contributed by atoms with E-state index in [1.54, 1.807) is 7.11 Å². The Morgan fingerprint density at radius 1 is 0.929 bits per heavy atom. The van der Waals surface area contributed by atoms with Crippen molar-refractivity contribution in [2.75, 3.05) is 13.7 Å². The summed E-state index contributed by atoms with van der Waals surface area (Å²) in [6, 6.07) is 0. The van der Waals surface area contributed by atoms with Crippen LogP contribution in [-0.4, -0.2) is 13.7 Å². The number of methoxy groups -OCH3 is 1. The molecule has 0 amide bonds. The van der Waals surface area contributed by atoms with Gasteiger partial charge in [-0.25, -0.2) is 0 Å². The summed E-state index contributed by atoms with van der Waals surface area (Å²) in [4.78, 5) is 0. The van der Waals surface area contributed by atoms with Crippen LogP contribution in [0.1, 0.15) is 53.4 Å². The maximum atomic E-state index is 5.10. The molecule has 0 N–H and O–H groups in total. The zero-order chi connectivity index (χ0) is 11.0. The van der Waals surface area contributed by atoms with Crippen LogP contribution in [0.3, 0.4) is 0 Å². The van der Waals surface area contributed by atoms with Crippen molar-refractivity contribution in [2.45, 2.75) is 53.4 Å². The molecular weight excluding hydrogens is 172 g/mol. The zero-order valence-corrected chi connectivity index (χ0v) is 10.7. The van der Waals surface area contributed by atoms with Crippen LogP contribution >= 0.6 is 0 Å². The molecule has 0 aliphatic heterocycles. The molecular formula is C13H28O. The molecule has 1 unspecified atom stereocenters. The lowest BCUT2D eigenvalue weighted by atomic mass is 9.85. The molecule has 0 fully saturated rings. The van der Waals surface area contributed by atoms with Gasteiger partial charge in [-0.3, -0.25) is 0 Å². The molecule has 1 heteroatoms. The highest BCUT2D eigenvalue weighted by molar-refractivity contribution is 4.64. The maximum Gasteiger partial charge on any atom is 0.0462 e. The molecule has 0 aliphatic carbocycles. The molecule has 0 saturated heterocycles. The minimum atomic E-state index is 0.825. The Bertz CT molecular complexity index is 118. The van der Waals surface area contributed by atoms with Crippen molar-refractivity contribution in [2.24, 2.45) is 17.8 Å². The third-order valence-electron chi connectivity index (χ3n) is 2.98. The van der Waals surface area contributed by atoms with Crippen LogP contribution < -0.4 is 0 Å². The Labute approximate surface area is 90.2 Å². The van der Waals surface area contributed by atoms with E-state index in [1.165, 1.54) is 25.7 Å². The number of hydrogen-bond donors (Lipinski definition) is 0. The number of rotatable bonds is 8. The summed E-state index contributed by atoms with van der Waals surface area (Å²) in [5.41, 5.74) is 0. The number of hydrogen-bond acceptors (Lipinski definition) is 1. The zero-order valence-electron chi connectivity index (χ0n) is 10.7. The van der Waals surface area contributed by atoms with Crippen molar-refractivity contribution in [3.8, 4) is 0 Å². The monoisotopic (exact) mass is 200 g/mol. The van der Waals surface area contributed by atoms with Crippen molar-refractivity contribution >= 4 is 0 Å². The van der Waals surface area contributed by atoms with Crippen molar-refractivity contribution in [3.63, 3.8) is 0 Å². The summed E-state index contributed by atoms with van der Waals surface area (Å²) in [5, 5.41) is 0. The summed E-state index contributed by atoms with van der Waals surface area (Å²) >= 11 is 0. The Kier molecular flexibility index (Phi) is 8.26. The van der Waals surface area contributed by atoms with Crippen LogP contribution in [0.15, 0.2) is 0 Å². The van der Waals surface area contributed by atoms with Crippen LogP contribution in [0.2, 0.25) is 0 Å². The first-order valence-electron chi connectivity index (χ1n) is 6.06. The molecule has 0 aliphatic rings. The second-order valence-electron chi connectivity index (χ2n) is 5.11. The average Bonchev–Trinajstić information content (AvgIpc) is 2.10. The minimum absolute atomic E-state index is 0.825. The molecule has 0 aromatic carbocycles. The Balaban J connectivity index is 3.66. The van der Waals surface area contributed by atoms with Gasteiger partial charge in [0.1, 0.15) is 0 Å². The molecule has 0 spiro atoms. The molecule has 86 valence electrons. The van der Waals surface area contributed by atoms with Gasteiger partial charge >= 0.3 is 0 Å². The van der Waals surface area contributed by atoms with E-state index < -0.39 is 0 Å². The van der Waals surface area contributed by atoms with Crippen molar-refractivity contribution < 1.29 is 4.74 Å². The predicted molar refractivity (Wildman–Crippen MR) is 63.5 cm³/mol. The normalized spacial score (nSPS) is 13.9. The molecule has 14 heavy (non-hydrogen) atoms. The second-order valence-corrected chi connectivity index (χ2v) is 5.11. The van der Waals surface area contributed by atoms with Crippen LogP contribution in [0.5, 0.6) is 0 Å². The molecule has 0 bridgehead atoms. The SMILES string of the molecule is COCCCC(CCC(C)C)C(C)C. The van der Waals surface area contributed by atoms with Gasteiger partial charge in [0.2, 0.25) is 0 Å². The molecule has 0 saturated carbocycles. The average molecular weight is 200 g/mol. The van der Waals surface area contributed by atoms with E-state index >= 15 is 0 Å². The summed E-state index contributed by atoms with van der Waals surface area (Å²) in [7, 11) is 1.79. The van der Waals surface area contributed by atoms with Crippen molar-refractivity contribution in [1.82, 2.24) is 0 Å². The molecule has 0 radical (unpaired) electrons. The van der Waals surface area contributed by atoms with E-state index in [9.17, 15) is 0 Å². The predicted octanol–water partition coefficient (Wildman–Crippen LogP) is 4.12. The van der Waals surface area contributed by atoms with Crippen LogP contribution in [0, 0.1) is 17.8 Å². The van der Waals surface area contributed by atoms with Crippen LogP contribution in [0.25, 0.3) is 0 Å². The quantitative estimate of drug-likeness (QED) is 0.535. The van der Waals surface area contributed by atoms with Crippen LogP contribution in [0.4, 0.5) is 0 Å². The molecule has 1 atom stereocenters. The van der Waals surface area contributed by atoms with Gasteiger partial charge in [-0.2, -0.15) is 0 Å². The third-order valence-corrected chi connectivity index (χ3v) is 2.98. The Morgan fingerprint density at radius 2 is 1.57 bits per heavy atom. The van der Waals surface area contributed by atoms with E-state index in [0.717, 1.165) is 24.4 Å². The first kappa shape index (κ1) is 14.0. The highest BCUT2D eigenvalue weighted by Crippen LogP contribution is 2.24. The number of ether oxygens (including phenoxy) is 1. The molecule has 0 aromatic rings. The van der Waals surface area contributed by atoms with Crippen molar-refractivity contribution in [3.05, 3.63) is 0 Å². The smallest absolute Gasteiger partial charge is 0.0462 e. The summed E-state index contributed by atoms with van der Waals surface area (Å²) in [6.45, 7) is 10.2. The van der Waals surface area contributed by atoms with Gasteiger partial charge in [-0.15, -0.1) is 0 Å². The van der Waals surface area contributed by atoms with E-state index in [2.05, 4.69) is 27.7 Å². The molecule has 0 aromatic heterocycles. The minimum Gasteiger partial charge on any atom is -0.385 e. The first-order chi connectivity index (χ1) is 6.57. The standard InChI is InChI=1S/C13H28O/c1-11(2)8-9-13(12(3)4)7-6-10-14-5/h11-13H,6-10H2,1-5H3. The summed E-state index contributed by atoms with van der Waals surface area (Å²) in [5.74, 6) is 2.57. The largest absolute Gasteiger partial charge is 0.385 e. The van der Waals surface area contributed by atoms with Gasteiger partial charge in [0.15, 0.2) is 0 Å². The fourth-order valence-electron chi connectivity index (χ4n) is 1.85. The van der Waals surface area contributed by atoms with E-state index in [-0.39, 0.29) is 0 Å². The fourth-order valence-corrected chi connectivity index (χ4v) is 1.85. The third kappa shape index (κ3) is 7.37. The van der Waals surface area contributed by atoms with E-state index in [1.807, 2.05) is 0 Å². The highest BCUT2D eigenvalue weighted by atomic mass is 16.5. The Morgan fingerprint density at radius 3 is 2.00 bits per heavy atom. The van der Waals surface area contributed by atoms with E-state index in [4.69, 9.17) is 4.74 Å². The first-order valence-corrected chi connectivity index (χ1v) is 6.06. The van der Waals surface area contributed by atoms with Gasteiger partial charge in [-0.1, -0.05) is 34.1 Å². The topological polar surface area (TPSA) is 9.23 Å². The molecule has 0 heterocycles. The van der Waals surface area contributed by atoms with E-state index in [0.29, 0.717) is 0 Å². The van der Waals surface area contributed by atoms with Gasteiger partial charge < -0.3 is 4.74 Å². The molecule has 1 nitrogen and oxygen atoms in total. The summed E-state index contributed by atoms with van der Waals surface area (Å²) in [6.07, 6.45) is 5.31. The molecule has 0 rings (SSSR count).